The first-order valence-corrected chi connectivity index (χ1v) is 13.1. The van der Waals surface area contributed by atoms with E-state index in [1.165, 1.54) is 5.56 Å². The summed E-state index contributed by atoms with van der Waals surface area (Å²) in [5, 5.41) is 5.22. The van der Waals surface area contributed by atoms with E-state index < -0.39 is 5.60 Å². The molecule has 0 amide bonds. The molecule has 1 saturated heterocycles. The number of halogens is 3. The molecular formula is C29H32Cl3NO2. The zero-order valence-corrected chi connectivity index (χ0v) is 22.7. The highest BCUT2D eigenvalue weighted by molar-refractivity contribution is 6.42. The van der Waals surface area contributed by atoms with Gasteiger partial charge in [-0.25, -0.2) is 0 Å². The van der Waals surface area contributed by atoms with Crippen molar-refractivity contribution in [2.45, 2.75) is 57.5 Å². The summed E-state index contributed by atoms with van der Waals surface area (Å²) in [6.45, 7) is 9.06. The van der Waals surface area contributed by atoms with Crippen molar-refractivity contribution in [3.05, 3.63) is 104 Å². The van der Waals surface area contributed by atoms with Crippen molar-refractivity contribution in [3.63, 3.8) is 0 Å². The fraction of sp³-hybridized carbons (Fsp3) is 0.379. The van der Waals surface area contributed by atoms with Gasteiger partial charge in [0.15, 0.2) is 0 Å². The van der Waals surface area contributed by atoms with Gasteiger partial charge in [0, 0.05) is 11.6 Å². The third-order valence-corrected chi connectivity index (χ3v) is 7.60. The maximum absolute atomic E-state index is 6.80. The Hall–Kier alpha value is -1.59. The minimum absolute atomic E-state index is 0.114. The van der Waals surface area contributed by atoms with Crippen LogP contribution in [-0.4, -0.2) is 19.2 Å². The highest BCUT2D eigenvalue weighted by Crippen LogP contribution is 2.39. The highest BCUT2D eigenvalue weighted by atomic mass is 35.5. The molecule has 0 bridgehead atoms. The fourth-order valence-electron chi connectivity index (χ4n) is 4.48. The maximum atomic E-state index is 6.80. The maximum Gasteiger partial charge on any atom is 0.122 e. The van der Waals surface area contributed by atoms with Crippen LogP contribution in [0.1, 0.15) is 49.4 Å². The van der Waals surface area contributed by atoms with E-state index in [1.807, 2.05) is 36.4 Å². The smallest absolute Gasteiger partial charge is 0.122 e. The Bertz CT molecular complexity index is 1130. The first-order chi connectivity index (χ1) is 16.7. The average molecular weight is 533 g/mol. The summed E-state index contributed by atoms with van der Waals surface area (Å²) < 4.78 is 13.3. The van der Waals surface area contributed by atoms with Gasteiger partial charge in [-0.3, -0.25) is 0 Å². The molecule has 1 N–H and O–H groups in total. The molecule has 3 nitrogen and oxygen atoms in total. The van der Waals surface area contributed by atoms with Gasteiger partial charge >= 0.3 is 0 Å². The highest BCUT2D eigenvalue weighted by Gasteiger charge is 2.44. The van der Waals surface area contributed by atoms with Crippen molar-refractivity contribution >= 4 is 34.8 Å². The van der Waals surface area contributed by atoms with Crippen LogP contribution in [0.5, 0.6) is 0 Å². The SMILES string of the molecule is CC(C)(C)c1ccc(CO[C@@]2(c3ccc(Cl)cc3)CCNC[C@@H]2OCc2ccc(Cl)c(Cl)c2)cc1. The lowest BCUT2D eigenvalue weighted by Crippen LogP contribution is -2.54. The van der Waals surface area contributed by atoms with Crippen LogP contribution in [0.4, 0.5) is 0 Å². The lowest BCUT2D eigenvalue weighted by Gasteiger charge is -2.44. The quantitative estimate of drug-likeness (QED) is 0.335. The summed E-state index contributed by atoms with van der Waals surface area (Å²) in [6.07, 6.45) is 0.571. The number of hydrogen-bond donors (Lipinski definition) is 1. The largest absolute Gasteiger partial charge is 0.369 e. The van der Waals surface area contributed by atoms with E-state index >= 15 is 0 Å². The van der Waals surface area contributed by atoms with Gasteiger partial charge in [-0.1, -0.05) is 98.0 Å². The molecule has 0 saturated carbocycles. The van der Waals surface area contributed by atoms with E-state index in [1.54, 1.807) is 6.07 Å². The van der Waals surface area contributed by atoms with Crippen LogP contribution in [0.3, 0.4) is 0 Å². The van der Waals surface area contributed by atoms with Crippen molar-refractivity contribution in [1.29, 1.82) is 0 Å². The lowest BCUT2D eigenvalue weighted by atomic mass is 9.82. The van der Waals surface area contributed by atoms with E-state index in [0.717, 1.165) is 29.7 Å². The standard InChI is InChI=1S/C29H32Cl3NO2/c1-28(2,3)22-7-4-20(5-8-22)19-35-29(23-9-11-24(30)12-10-23)14-15-33-17-27(29)34-18-21-6-13-25(31)26(32)16-21/h4-13,16,27,33H,14-15,17-19H2,1-3H3/t27-,29+/m0/s1. The summed E-state index contributed by atoms with van der Waals surface area (Å²) in [6, 6.07) is 22.2. The molecule has 1 aliphatic heterocycles. The molecule has 0 spiro atoms. The summed E-state index contributed by atoms with van der Waals surface area (Å²) >= 11 is 18.5. The Labute approximate surface area is 223 Å². The van der Waals surface area contributed by atoms with Gasteiger partial charge in [-0.2, -0.15) is 0 Å². The Morgan fingerprint density at radius 2 is 1.54 bits per heavy atom. The number of piperidine rings is 1. The van der Waals surface area contributed by atoms with E-state index in [9.17, 15) is 0 Å². The Balaban J connectivity index is 1.59. The van der Waals surface area contributed by atoms with Crippen LogP contribution in [-0.2, 0) is 33.7 Å². The summed E-state index contributed by atoms with van der Waals surface area (Å²) in [5.74, 6) is 0. The Kier molecular flexibility index (Phi) is 8.48. The molecule has 1 fully saturated rings. The van der Waals surface area contributed by atoms with E-state index in [2.05, 4.69) is 50.4 Å². The van der Waals surface area contributed by atoms with Gasteiger partial charge in [0.2, 0.25) is 0 Å². The second kappa shape index (κ2) is 11.2. The van der Waals surface area contributed by atoms with Crippen molar-refractivity contribution in [1.82, 2.24) is 5.32 Å². The molecule has 186 valence electrons. The molecule has 6 heteroatoms. The molecular weight excluding hydrogens is 501 g/mol. The first-order valence-electron chi connectivity index (χ1n) is 11.9. The molecule has 0 aliphatic carbocycles. The van der Waals surface area contributed by atoms with Gasteiger partial charge in [-0.05, 0) is 64.9 Å². The second-order valence-corrected chi connectivity index (χ2v) is 11.4. The monoisotopic (exact) mass is 531 g/mol. The number of nitrogens with one attached hydrogen (secondary N) is 1. The predicted molar refractivity (Wildman–Crippen MR) is 146 cm³/mol. The Morgan fingerprint density at radius 3 is 2.20 bits per heavy atom. The van der Waals surface area contributed by atoms with Crippen LogP contribution in [0.2, 0.25) is 15.1 Å². The first kappa shape index (κ1) is 26.5. The molecule has 3 aromatic carbocycles. The van der Waals surface area contributed by atoms with Gasteiger partial charge in [-0.15, -0.1) is 0 Å². The van der Waals surface area contributed by atoms with Crippen molar-refractivity contribution in [2.24, 2.45) is 0 Å². The van der Waals surface area contributed by atoms with E-state index in [0.29, 0.717) is 34.8 Å². The molecule has 35 heavy (non-hydrogen) atoms. The van der Waals surface area contributed by atoms with Gasteiger partial charge < -0.3 is 14.8 Å². The molecule has 2 atom stereocenters. The summed E-state index contributed by atoms with van der Waals surface area (Å²) in [5.41, 5.74) is 3.96. The van der Waals surface area contributed by atoms with Crippen LogP contribution >= 0.6 is 34.8 Å². The molecule has 0 aromatic heterocycles. The van der Waals surface area contributed by atoms with Crippen molar-refractivity contribution in [2.75, 3.05) is 13.1 Å². The topological polar surface area (TPSA) is 30.5 Å². The zero-order valence-electron chi connectivity index (χ0n) is 20.4. The molecule has 4 rings (SSSR count). The van der Waals surface area contributed by atoms with Crippen LogP contribution in [0.25, 0.3) is 0 Å². The molecule has 1 heterocycles. The molecule has 0 unspecified atom stereocenters. The third kappa shape index (κ3) is 6.40. The molecule has 1 aliphatic rings. The minimum Gasteiger partial charge on any atom is -0.369 e. The predicted octanol–water partition coefficient (Wildman–Crippen LogP) is 7.94. The van der Waals surface area contributed by atoms with Gasteiger partial charge in [0.1, 0.15) is 11.7 Å². The minimum atomic E-state index is -0.616. The molecule has 0 radical (unpaired) electrons. The number of rotatable bonds is 7. The van der Waals surface area contributed by atoms with E-state index in [4.69, 9.17) is 44.3 Å². The zero-order chi connectivity index (χ0) is 25.1. The number of hydrogen-bond acceptors (Lipinski definition) is 3. The lowest BCUT2D eigenvalue weighted by molar-refractivity contribution is -0.176. The average Bonchev–Trinajstić information content (AvgIpc) is 2.84. The van der Waals surface area contributed by atoms with Gasteiger partial charge in [0.05, 0.1) is 23.3 Å². The number of ether oxygens (including phenoxy) is 2. The van der Waals surface area contributed by atoms with Crippen LogP contribution in [0, 0.1) is 0 Å². The van der Waals surface area contributed by atoms with Crippen molar-refractivity contribution in [3.8, 4) is 0 Å². The second-order valence-electron chi connectivity index (χ2n) is 10.1. The number of benzene rings is 3. The van der Waals surface area contributed by atoms with Crippen LogP contribution in [0.15, 0.2) is 66.7 Å². The Morgan fingerprint density at radius 1 is 0.857 bits per heavy atom. The van der Waals surface area contributed by atoms with Gasteiger partial charge in [0.25, 0.3) is 0 Å². The van der Waals surface area contributed by atoms with Crippen LogP contribution < -0.4 is 5.32 Å². The fourth-order valence-corrected chi connectivity index (χ4v) is 4.92. The summed E-state index contributed by atoms with van der Waals surface area (Å²) in [4.78, 5) is 0. The molecule has 3 aromatic rings. The third-order valence-electron chi connectivity index (χ3n) is 6.61. The van der Waals surface area contributed by atoms with Crippen molar-refractivity contribution < 1.29 is 9.47 Å². The van der Waals surface area contributed by atoms with E-state index in [-0.39, 0.29) is 11.5 Å². The summed E-state index contributed by atoms with van der Waals surface area (Å²) in [7, 11) is 0. The normalized spacial score (nSPS) is 20.7.